The van der Waals surface area contributed by atoms with Gasteiger partial charge < -0.3 is 8.98 Å². The highest BCUT2D eigenvalue weighted by Gasteiger charge is 2.17. The third-order valence-electron chi connectivity index (χ3n) is 10.4. The Labute approximate surface area is 293 Å². The standard InChI is InChI=1S/C47H29N3O/c1-2-9-30(10-3-1)31-16-20-34(21-17-31)50-44-25-19-33(28-41(44)39-13-8-26-48-47(39)50)32-18-24-43-40(27-32)36-11-4-6-14-42(36)49(43)35-22-23-38-37-12-5-7-15-45(37)51-46(38)29-35/h1-29H. The van der Waals surface area contributed by atoms with Crippen LogP contribution < -0.4 is 0 Å². The summed E-state index contributed by atoms with van der Waals surface area (Å²) in [4.78, 5) is 4.87. The molecule has 0 N–H and O–H groups in total. The van der Waals surface area contributed by atoms with Crippen LogP contribution in [0, 0.1) is 0 Å². The summed E-state index contributed by atoms with van der Waals surface area (Å²) in [5, 5.41) is 7.04. The van der Waals surface area contributed by atoms with Gasteiger partial charge in [-0.1, -0.05) is 91.0 Å². The van der Waals surface area contributed by atoms with Gasteiger partial charge in [0.1, 0.15) is 16.8 Å². The summed E-state index contributed by atoms with van der Waals surface area (Å²) in [7, 11) is 0. The first-order valence-corrected chi connectivity index (χ1v) is 17.3. The van der Waals surface area contributed by atoms with E-state index in [-0.39, 0.29) is 0 Å². The molecule has 0 amide bonds. The van der Waals surface area contributed by atoms with Gasteiger partial charge in [0.25, 0.3) is 0 Å². The third kappa shape index (κ3) is 4.23. The Hall–Kier alpha value is -6.91. The lowest BCUT2D eigenvalue weighted by Gasteiger charge is -2.10. The Morgan fingerprint density at radius 1 is 0.353 bits per heavy atom. The zero-order valence-electron chi connectivity index (χ0n) is 27.5. The summed E-state index contributed by atoms with van der Waals surface area (Å²) in [6.45, 7) is 0. The van der Waals surface area contributed by atoms with Gasteiger partial charge in [-0.15, -0.1) is 0 Å². The van der Waals surface area contributed by atoms with E-state index in [0.29, 0.717) is 0 Å². The average Bonchev–Trinajstić information content (AvgIpc) is 3.85. The molecule has 4 heteroatoms. The maximum Gasteiger partial charge on any atom is 0.145 e. The average molecular weight is 652 g/mol. The Kier molecular flexibility index (Phi) is 5.92. The van der Waals surface area contributed by atoms with Gasteiger partial charge in [0.15, 0.2) is 0 Å². The van der Waals surface area contributed by atoms with E-state index in [1.807, 2.05) is 24.4 Å². The molecule has 7 aromatic carbocycles. The molecule has 51 heavy (non-hydrogen) atoms. The van der Waals surface area contributed by atoms with Gasteiger partial charge in [0.2, 0.25) is 0 Å². The molecule has 11 rings (SSSR count). The van der Waals surface area contributed by atoms with Crippen molar-refractivity contribution in [3.8, 4) is 33.6 Å². The lowest BCUT2D eigenvalue weighted by Crippen LogP contribution is -1.95. The minimum absolute atomic E-state index is 0.894. The van der Waals surface area contributed by atoms with Crippen LogP contribution in [0.5, 0.6) is 0 Å². The minimum atomic E-state index is 0.894. The molecular formula is C47H29N3O. The summed E-state index contributed by atoms with van der Waals surface area (Å²) < 4.78 is 10.9. The lowest BCUT2D eigenvalue weighted by molar-refractivity contribution is 0.668. The summed E-state index contributed by atoms with van der Waals surface area (Å²) in [5.74, 6) is 0. The predicted octanol–water partition coefficient (Wildman–Crippen LogP) is 12.5. The number of rotatable bonds is 4. The first-order valence-electron chi connectivity index (χ1n) is 17.3. The third-order valence-corrected chi connectivity index (χ3v) is 10.4. The number of fused-ring (bicyclic) bond motifs is 9. The van der Waals surface area contributed by atoms with Crippen LogP contribution in [0.2, 0.25) is 0 Å². The topological polar surface area (TPSA) is 35.9 Å². The molecule has 238 valence electrons. The van der Waals surface area contributed by atoms with Crippen molar-refractivity contribution < 1.29 is 4.42 Å². The second-order valence-corrected chi connectivity index (χ2v) is 13.2. The van der Waals surface area contributed by atoms with Crippen LogP contribution in [0.3, 0.4) is 0 Å². The van der Waals surface area contributed by atoms with Crippen molar-refractivity contribution in [3.63, 3.8) is 0 Å². The van der Waals surface area contributed by atoms with Crippen molar-refractivity contribution in [1.29, 1.82) is 0 Å². The van der Waals surface area contributed by atoms with Crippen molar-refractivity contribution in [1.82, 2.24) is 14.1 Å². The number of nitrogens with zero attached hydrogens (tertiary/aromatic N) is 3. The van der Waals surface area contributed by atoms with Gasteiger partial charge in [0, 0.05) is 56.0 Å². The van der Waals surface area contributed by atoms with Crippen molar-refractivity contribution in [2.24, 2.45) is 0 Å². The van der Waals surface area contributed by atoms with E-state index in [1.54, 1.807) is 0 Å². The number of para-hydroxylation sites is 2. The van der Waals surface area contributed by atoms with Crippen molar-refractivity contribution >= 4 is 65.7 Å². The molecule has 0 aliphatic rings. The number of hydrogen-bond donors (Lipinski definition) is 0. The molecule has 0 saturated carbocycles. The van der Waals surface area contributed by atoms with Gasteiger partial charge in [-0.3, -0.25) is 4.57 Å². The molecule has 0 unspecified atom stereocenters. The van der Waals surface area contributed by atoms with Gasteiger partial charge in [-0.25, -0.2) is 4.98 Å². The molecule has 11 aromatic rings. The smallest absolute Gasteiger partial charge is 0.145 e. The largest absolute Gasteiger partial charge is 0.456 e. The molecule has 0 fully saturated rings. The SMILES string of the molecule is c1ccc(-c2ccc(-n3c4ccc(-c5ccc6c(c5)c5ccccc5n6-c5ccc6c(c5)oc5ccccc56)cc4c4cccnc43)cc2)cc1. The first kappa shape index (κ1) is 28.0. The Morgan fingerprint density at radius 2 is 0.941 bits per heavy atom. The molecule has 4 nitrogen and oxygen atoms in total. The molecule has 0 spiro atoms. The molecule has 0 bridgehead atoms. The van der Waals surface area contributed by atoms with Crippen molar-refractivity contribution in [2.75, 3.05) is 0 Å². The Balaban J connectivity index is 1.05. The highest BCUT2D eigenvalue weighted by molar-refractivity contribution is 6.13. The fourth-order valence-electron chi connectivity index (χ4n) is 8.01. The molecule has 0 saturated heterocycles. The van der Waals surface area contributed by atoms with Crippen molar-refractivity contribution in [2.45, 2.75) is 0 Å². The van der Waals surface area contributed by atoms with Crippen LogP contribution in [-0.2, 0) is 0 Å². The highest BCUT2D eigenvalue weighted by atomic mass is 16.3. The molecule has 0 atom stereocenters. The fraction of sp³-hybridized carbons (Fsp3) is 0. The number of pyridine rings is 1. The van der Waals surface area contributed by atoms with E-state index in [9.17, 15) is 0 Å². The highest BCUT2D eigenvalue weighted by Crippen LogP contribution is 2.39. The predicted molar refractivity (Wildman–Crippen MR) is 211 cm³/mol. The van der Waals surface area contributed by atoms with Crippen LogP contribution in [0.1, 0.15) is 0 Å². The Morgan fingerprint density at radius 3 is 1.76 bits per heavy atom. The lowest BCUT2D eigenvalue weighted by atomic mass is 10.0. The van der Waals surface area contributed by atoms with Gasteiger partial charge in [-0.05, 0) is 95.1 Å². The van der Waals surface area contributed by atoms with E-state index in [1.165, 1.54) is 43.9 Å². The molecule has 0 radical (unpaired) electrons. The maximum atomic E-state index is 6.29. The quantitative estimate of drug-likeness (QED) is 0.190. The van der Waals surface area contributed by atoms with Crippen molar-refractivity contribution in [3.05, 3.63) is 176 Å². The van der Waals surface area contributed by atoms with Crippen LogP contribution >= 0.6 is 0 Å². The van der Waals surface area contributed by atoms with E-state index in [2.05, 4.69) is 161 Å². The van der Waals surface area contributed by atoms with Gasteiger partial charge in [0.05, 0.1) is 16.6 Å². The van der Waals surface area contributed by atoms with E-state index in [0.717, 1.165) is 55.4 Å². The number of aromatic nitrogens is 3. The van der Waals surface area contributed by atoms with E-state index < -0.39 is 0 Å². The maximum absolute atomic E-state index is 6.29. The molecular weight excluding hydrogens is 623 g/mol. The zero-order valence-corrected chi connectivity index (χ0v) is 27.5. The van der Waals surface area contributed by atoms with E-state index >= 15 is 0 Å². The summed E-state index contributed by atoms with van der Waals surface area (Å²) in [6.07, 6.45) is 1.88. The normalized spacial score (nSPS) is 11.9. The van der Waals surface area contributed by atoms with Gasteiger partial charge >= 0.3 is 0 Å². The van der Waals surface area contributed by atoms with Gasteiger partial charge in [-0.2, -0.15) is 0 Å². The second-order valence-electron chi connectivity index (χ2n) is 13.2. The fourth-order valence-corrected chi connectivity index (χ4v) is 8.01. The minimum Gasteiger partial charge on any atom is -0.456 e. The molecule has 0 aliphatic heterocycles. The summed E-state index contributed by atoms with van der Waals surface area (Å²) in [5.41, 5.74) is 13.2. The number of furan rings is 1. The first-order chi connectivity index (χ1) is 25.3. The van der Waals surface area contributed by atoms with Crippen LogP contribution in [-0.4, -0.2) is 14.1 Å². The monoisotopic (exact) mass is 651 g/mol. The van der Waals surface area contributed by atoms with E-state index in [4.69, 9.17) is 9.40 Å². The van der Waals surface area contributed by atoms with Crippen LogP contribution in [0.4, 0.5) is 0 Å². The molecule has 4 aromatic heterocycles. The van der Waals surface area contributed by atoms with Crippen LogP contribution in [0.25, 0.3) is 99.3 Å². The molecule has 0 aliphatic carbocycles. The molecule has 4 heterocycles. The number of hydrogen-bond acceptors (Lipinski definition) is 2. The Bertz CT molecular complexity index is 3130. The summed E-state index contributed by atoms with van der Waals surface area (Å²) in [6, 6.07) is 60.6. The number of benzene rings is 7. The van der Waals surface area contributed by atoms with Crippen LogP contribution in [0.15, 0.2) is 180 Å². The second kappa shape index (κ2) is 10.8. The summed E-state index contributed by atoms with van der Waals surface area (Å²) >= 11 is 0. The zero-order chi connectivity index (χ0) is 33.5.